The van der Waals surface area contributed by atoms with E-state index in [2.05, 4.69) is 45.5 Å². The number of aromatic nitrogens is 1. The van der Waals surface area contributed by atoms with Gasteiger partial charge in [0.1, 0.15) is 5.82 Å². The summed E-state index contributed by atoms with van der Waals surface area (Å²) in [6.45, 7) is 5.26. The Morgan fingerprint density at radius 3 is 2.18 bits per heavy atom. The first-order chi connectivity index (χ1) is 16.5. The minimum Gasteiger partial charge on any atom is -0.353 e. The predicted molar refractivity (Wildman–Crippen MR) is 140 cm³/mol. The second kappa shape index (κ2) is 12.0. The number of rotatable bonds is 1. The van der Waals surface area contributed by atoms with Crippen molar-refractivity contribution >= 4 is 39.4 Å². The molecule has 2 aromatic rings. The van der Waals surface area contributed by atoms with Crippen LogP contribution in [0.1, 0.15) is 57.8 Å². The van der Waals surface area contributed by atoms with Crippen LogP contribution < -0.4 is 4.90 Å². The van der Waals surface area contributed by atoms with Crippen molar-refractivity contribution in [3.63, 3.8) is 0 Å². The number of urea groups is 1. The third-order valence-electron chi connectivity index (χ3n) is 7.36. The molecule has 186 valence electrons. The largest absolute Gasteiger partial charge is 0.353 e. The molecular formula is C26H39N5O2S. The highest BCUT2D eigenvalue weighted by atomic mass is 32.1. The molecule has 1 aliphatic carbocycles. The standard InChI is InChI=1S/C12H15N3S.C8H12N2O2.C6H12/c1-14-6-8-15(9-7-14)12-10-4-2-3-5-11(10)16-13-12;1-9-7(11)5-6-3-2-4-10(6)8(9)12;1-2-4-6-5-3-1/h2-5H,6-9H2,1H3;6H,2-5H2,1H3;1-6H2. The van der Waals surface area contributed by atoms with Crippen LogP contribution in [0.2, 0.25) is 0 Å². The molecule has 0 radical (unpaired) electrons. The molecule has 1 atom stereocenters. The quantitative estimate of drug-likeness (QED) is 0.580. The zero-order valence-electron chi connectivity index (χ0n) is 20.7. The predicted octanol–water partition coefficient (Wildman–Crippen LogP) is 4.82. The summed E-state index contributed by atoms with van der Waals surface area (Å²) in [5, 5.41) is 1.30. The Morgan fingerprint density at radius 1 is 0.853 bits per heavy atom. The van der Waals surface area contributed by atoms with Crippen LogP contribution in [-0.4, -0.2) is 83.9 Å². The van der Waals surface area contributed by atoms with Crippen LogP contribution in [0, 0.1) is 0 Å². The number of anilines is 1. The molecule has 0 N–H and O–H groups in total. The van der Waals surface area contributed by atoms with Crippen molar-refractivity contribution < 1.29 is 9.59 Å². The molecule has 1 saturated carbocycles. The SMILES string of the molecule is C1CCCCC1.CN1C(=O)CC2CCCN2C1=O.CN1CCN(c2nsc3ccccc23)CC1. The second-order valence-electron chi connectivity index (χ2n) is 9.84. The van der Waals surface area contributed by atoms with Crippen molar-refractivity contribution in [3.05, 3.63) is 24.3 Å². The molecule has 1 aromatic heterocycles. The number of carbonyl (C=O) groups is 2. The Hall–Kier alpha value is -2.19. The van der Waals surface area contributed by atoms with E-state index in [1.54, 1.807) is 23.5 Å². The minimum absolute atomic E-state index is 0.0387. The van der Waals surface area contributed by atoms with Crippen molar-refractivity contribution in [2.75, 3.05) is 51.7 Å². The molecule has 3 saturated heterocycles. The molecule has 6 rings (SSSR count). The van der Waals surface area contributed by atoms with Crippen molar-refractivity contribution in [2.45, 2.75) is 63.8 Å². The van der Waals surface area contributed by atoms with E-state index in [4.69, 9.17) is 0 Å². The van der Waals surface area contributed by atoms with Crippen LogP contribution in [0.3, 0.4) is 0 Å². The molecule has 34 heavy (non-hydrogen) atoms. The lowest BCUT2D eigenvalue weighted by Crippen LogP contribution is -2.52. The van der Waals surface area contributed by atoms with Crippen molar-refractivity contribution in [3.8, 4) is 0 Å². The third-order valence-corrected chi connectivity index (χ3v) is 8.17. The highest BCUT2D eigenvalue weighted by Crippen LogP contribution is 2.29. The first-order valence-corrected chi connectivity index (χ1v) is 13.7. The highest BCUT2D eigenvalue weighted by molar-refractivity contribution is 7.13. The molecule has 4 fully saturated rings. The lowest BCUT2D eigenvalue weighted by Gasteiger charge is -2.33. The summed E-state index contributed by atoms with van der Waals surface area (Å²) in [7, 11) is 3.73. The van der Waals surface area contributed by atoms with Gasteiger partial charge in [-0.3, -0.25) is 9.69 Å². The summed E-state index contributed by atoms with van der Waals surface area (Å²) in [5.74, 6) is 1.14. The van der Waals surface area contributed by atoms with E-state index in [-0.39, 0.29) is 18.0 Å². The zero-order valence-corrected chi connectivity index (χ0v) is 21.6. The lowest BCUT2D eigenvalue weighted by molar-refractivity contribution is -0.130. The van der Waals surface area contributed by atoms with E-state index >= 15 is 0 Å². The number of piperazine rings is 1. The summed E-state index contributed by atoms with van der Waals surface area (Å²) in [6, 6.07) is 8.57. The first-order valence-electron chi connectivity index (χ1n) is 12.9. The zero-order chi connectivity index (χ0) is 23.9. The van der Waals surface area contributed by atoms with E-state index in [1.807, 2.05) is 0 Å². The molecule has 8 heteroatoms. The third kappa shape index (κ3) is 6.08. The normalized spacial score (nSPS) is 23.2. The molecule has 3 amide bonds. The van der Waals surface area contributed by atoms with E-state index in [1.165, 1.54) is 59.3 Å². The van der Waals surface area contributed by atoms with Gasteiger partial charge in [0.2, 0.25) is 5.91 Å². The average Bonchev–Trinajstić information content (AvgIpc) is 3.52. The monoisotopic (exact) mass is 485 g/mol. The number of nitrogens with zero attached hydrogens (tertiary/aromatic N) is 5. The van der Waals surface area contributed by atoms with Crippen molar-refractivity contribution in [1.82, 2.24) is 19.1 Å². The van der Waals surface area contributed by atoms with Gasteiger partial charge in [-0.2, -0.15) is 4.37 Å². The van der Waals surface area contributed by atoms with Crippen LogP contribution in [0.25, 0.3) is 10.1 Å². The van der Waals surface area contributed by atoms with Crippen molar-refractivity contribution in [2.24, 2.45) is 0 Å². The number of amides is 3. The van der Waals surface area contributed by atoms with E-state index in [0.29, 0.717) is 6.42 Å². The fourth-order valence-corrected chi connectivity index (χ4v) is 5.91. The Labute approximate surface area is 207 Å². The Morgan fingerprint density at radius 2 is 1.50 bits per heavy atom. The van der Waals surface area contributed by atoms with Crippen LogP contribution in [0.4, 0.5) is 10.6 Å². The number of likely N-dealkylation sites (N-methyl/N-ethyl adjacent to an activating group) is 1. The maximum Gasteiger partial charge on any atom is 0.326 e. The topological polar surface area (TPSA) is 60.0 Å². The molecule has 1 unspecified atom stereocenters. The van der Waals surface area contributed by atoms with Gasteiger partial charge >= 0.3 is 6.03 Å². The molecule has 7 nitrogen and oxygen atoms in total. The summed E-state index contributed by atoms with van der Waals surface area (Å²) < 4.78 is 5.88. The summed E-state index contributed by atoms with van der Waals surface area (Å²) in [5.41, 5.74) is 0. The maximum atomic E-state index is 11.4. The minimum atomic E-state index is -0.117. The molecule has 0 spiro atoms. The smallest absolute Gasteiger partial charge is 0.326 e. The number of hydrogen-bond donors (Lipinski definition) is 0. The van der Waals surface area contributed by atoms with Gasteiger partial charge in [0.25, 0.3) is 0 Å². The van der Waals surface area contributed by atoms with Gasteiger partial charge in [0.15, 0.2) is 0 Å². The number of benzene rings is 1. The fourth-order valence-electron chi connectivity index (χ4n) is 5.12. The van der Waals surface area contributed by atoms with Gasteiger partial charge in [-0.15, -0.1) is 0 Å². The number of hydrogen-bond acceptors (Lipinski definition) is 6. The number of fused-ring (bicyclic) bond motifs is 2. The van der Waals surface area contributed by atoms with Crippen LogP contribution in [-0.2, 0) is 4.79 Å². The van der Waals surface area contributed by atoms with Crippen LogP contribution >= 0.6 is 11.5 Å². The van der Waals surface area contributed by atoms with Gasteiger partial charge < -0.3 is 14.7 Å². The average molecular weight is 486 g/mol. The maximum absolute atomic E-state index is 11.4. The highest BCUT2D eigenvalue weighted by Gasteiger charge is 2.39. The second-order valence-corrected chi connectivity index (χ2v) is 10.6. The molecule has 0 bridgehead atoms. The van der Waals surface area contributed by atoms with E-state index in [9.17, 15) is 9.59 Å². The van der Waals surface area contributed by atoms with Gasteiger partial charge in [0.05, 0.1) is 4.70 Å². The fraction of sp³-hybridized carbons (Fsp3) is 0.654. The Bertz CT molecular complexity index is 940. The van der Waals surface area contributed by atoms with Crippen molar-refractivity contribution in [1.29, 1.82) is 0 Å². The first kappa shape index (κ1) is 24.9. The van der Waals surface area contributed by atoms with Crippen LogP contribution in [0.5, 0.6) is 0 Å². The van der Waals surface area contributed by atoms with Gasteiger partial charge in [-0.05, 0) is 43.6 Å². The molecule has 4 heterocycles. The van der Waals surface area contributed by atoms with Gasteiger partial charge in [0, 0.05) is 57.6 Å². The number of carbonyl (C=O) groups excluding carboxylic acids is 2. The summed E-state index contributed by atoms with van der Waals surface area (Å²) in [4.78, 5) is 30.5. The Balaban J connectivity index is 0.000000134. The molecule has 1 aromatic carbocycles. The van der Waals surface area contributed by atoms with E-state index < -0.39 is 0 Å². The molecule has 3 aliphatic heterocycles. The lowest BCUT2D eigenvalue weighted by atomic mass is 10.0. The number of imide groups is 1. The summed E-state index contributed by atoms with van der Waals surface area (Å²) in [6.07, 6.45) is 11.5. The molecular weight excluding hydrogens is 446 g/mol. The van der Waals surface area contributed by atoms with Crippen LogP contribution in [0.15, 0.2) is 24.3 Å². The Kier molecular flexibility index (Phi) is 8.78. The van der Waals surface area contributed by atoms with Gasteiger partial charge in [-0.25, -0.2) is 4.79 Å². The molecule has 4 aliphatic rings. The summed E-state index contributed by atoms with van der Waals surface area (Å²) >= 11 is 1.60. The van der Waals surface area contributed by atoms with Gasteiger partial charge in [-0.1, -0.05) is 50.7 Å². The van der Waals surface area contributed by atoms with E-state index in [0.717, 1.165) is 45.6 Å².